The van der Waals surface area contributed by atoms with Gasteiger partial charge in [0.2, 0.25) is 0 Å². The van der Waals surface area contributed by atoms with E-state index >= 15 is 0 Å². The monoisotopic (exact) mass is 262 g/mol. The quantitative estimate of drug-likeness (QED) is 0.896. The number of ether oxygens (including phenoxy) is 1. The highest BCUT2D eigenvalue weighted by Crippen LogP contribution is 2.13. The Kier molecular flexibility index (Phi) is 4.56. The van der Waals surface area contributed by atoms with Crippen LogP contribution in [0.3, 0.4) is 0 Å². The molecule has 0 bridgehead atoms. The average molecular weight is 262 g/mol. The molecule has 0 saturated carbocycles. The molecular weight excluding hydrogens is 240 g/mol. The molecule has 0 radical (unpaired) electrons. The van der Waals surface area contributed by atoms with E-state index in [-0.39, 0.29) is 18.1 Å². The second-order valence-corrected chi connectivity index (χ2v) is 5.07. The van der Waals surface area contributed by atoms with E-state index in [4.69, 9.17) is 10.5 Å². The molecule has 1 aromatic rings. The van der Waals surface area contributed by atoms with Gasteiger partial charge in [0.1, 0.15) is 0 Å². The molecule has 1 aliphatic heterocycles. The Morgan fingerprint density at radius 3 is 2.74 bits per heavy atom. The van der Waals surface area contributed by atoms with Crippen LogP contribution in [0.1, 0.15) is 29.8 Å². The van der Waals surface area contributed by atoms with Crippen molar-refractivity contribution in [3.05, 3.63) is 35.4 Å². The molecule has 1 saturated heterocycles. The Labute approximate surface area is 114 Å². The van der Waals surface area contributed by atoms with Crippen molar-refractivity contribution in [2.45, 2.75) is 32.4 Å². The zero-order valence-corrected chi connectivity index (χ0v) is 11.6. The molecule has 1 aliphatic rings. The van der Waals surface area contributed by atoms with Crippen LogP contribution in [-0.2, 0) is 11.2 Å². The van der Waals surface area contributed by atoms with E-state index in [1.807, 2.05) is 36.1 Å². The van der Waals surface area contributed by atoms with Gasteiger partial charge in [-0.15, -0.1) is 0 Å². The summed E-state index contributed by atoms with van der Waals surface area (Å²) < 4.78 is 5.57. The summed E-state index contributed by atoms with van der Waals surface area (Å²) in [6.45, 7) is 5.79. The molecule has 2 N–H and O–H groups in total. The fourth-order valence-electron chi connectivity index (χ4n) is 2.24. The topological polar surface area (TPSA) is 55.6 Å². The largest absolute Gasteiger partial charge is 0.373 e. The summed E-state index contributed by atoms with van der Waals surface area (Å²) >= 11 is 0. The minimum absolute atomic E-state index is 0.0573. The molecule has 1 aromatic carbocycles. The van der Waals surface area contributed by atoms with Crippen LogP contribution in [0.25, 0.3) is 0 Å². The molecule has 19 heavy (non-hydrogen) atoms. The van der Waals surface area contributed by atoms with Crippen LogP contribution in [0.2, 0.25) is 0 Å². The summed E-state index contributed by atoms with van der Waals surface area (Å²) in [5.74, 6) is 0.0663. The lowest BCUT2D eigenvalue weighted by molar-refractivity contribution is -0.0300. The predicted molar refractivity (Wildman–Crippen MR) is 75.1 cm³/mol. The van der Waals surface area contributed by atoms with Crippen molar-refractivity contribution < 1.29 is 9.53 Å². The van der Waals surface area contributed by atoms with Gasteiger partial charge in [-0.1, -0.05) is 19.1 Å². The Morgan fingerprint density at radius 1 is 1.47 bits per heavy atom. The van der Waals surface area contributed by atoms with Crippen molar-refractivity contribution >= 4 is 5.91 Å². The first-order valence-corrected chi connectivity index (χ1v) is 6.87. The Hall–Kier alpha value is -1.39. The third-order valence-corrected chi connectivity index (χ3v) is 3.58. The molecule has 2 unspecified atom stereocenters. The lowest BCUT2D eigenvalue weighted by Gasteiger charge is -2.34. The van der Waals surface area contributed by atoms with Gasteiger partial charge in [0.15, 0.2) is 0 Å². The molecule has 1 heterocycles. The Morgan fingerprint density at radius 2 is 2.16 bits per heavy atom. The number of nitrogens with zero attached hydrogens (tertiary/aromatic N) is 1. The Balaban J connectivity index is 2.05. The van der Waals surface area contributed by atoms with Crippen LogP contribution in [0, 0.1) is 0 Å². The minimum atomic E-state index is -0.0624. The van der Waals surface area contributed by atoms with Crippen molar-refractivity contribution in [3.63, 3.8) is 0 Å². The van der Waals surface area contributed by atoms with E-state index in [2.05, 4.69) is 6.92 Å². The number of nitrogens with two attached hydrogens (primary N) is 1. The summed E-state index contributed by atoms with van der Waals surface area (Å²) in [7, 11) is 0. The van der Waals surface area contributed by atoms with Crippen molar-refractivity contribution in [1.29, 1.82) is 0 Å². The number of hydrogen-bond acceptors (Lipinski definition) is 3. The molecule has 4 heteroatoms. The van der Waals surface area contributed by atoms with Crippen LogP contribution in [-0.4, -0.2) is 42.6 Å². The molecule has 0 spiro atoms. The van der Waals surface area contributed by atoms with Gasteiger partial charge in [0.25, 0.3) is 5.91 Å². The number of carbonyl (C=O) groups is 1. The first kappa shape index (κ1) is 14.0. The lowest BCUT2D eigenvalue weighted by Crippen LogP contribution is -2.51. The van der Waals surface area contributed by atoms with E-state index < -0.39 is 0 Å². The van der Waals surface area contributed by atoms with Crippen LogP contribution in [0.4, 0.5) is 0 Å². The van der Waals surface area contributed by atoms with Crippen molar-refractivity contribution in [1.82, 2.24) is 4.90 Å². The van der Waals surface area contributed by atoms with Gasteiger partial charge in [-0.05, 0) is 31.0 Å². The third-order valence-electron chi connectivity index (χ3n) is 3.58. The van der Waals surface area contributed by atoms with Gasteiger partial charge in [0, 0.05) is 24.7 Å². The molecule has 0 aromatic heterocycles. The lowest BCUT2D eigenvalue weighted by atomic mass is 10.1. The summed E-state index contributed by atoms with van der Waals surface area (Å²) in [5.41, 5.74) is 7.82. The SMILES string of the molecule is CCc1ccc(C(=O)N2CCOC(C(C)N)C2)cc1. The van der Waals surface area contributed by atoms with Crippen molar-refractivity contribution in [3.8, 4) is 0 Å². The van der Waals surface area contributed by atoms with E-state index in [1.54, 1.807) is 0 Å². The standard InChI is InChI=1S/C15H22N2O2/c1-3-12-4-6-13(7-5-12)15(18)17-8-9-19-14(10-17)11(2)16/h4-7,11,14H,3,8-10,16H2,1-2H3. The fourth-order valence-corrected chi connectivity index (χ4v) is 2.24. The highest BCUT2D eigenvalue weighted by Gasteiger charge is 2.26. The summed E-state index contributed by atoms with van der Waals surface area (Å²) in [6, 6.07) is 7.76. The van der Waals surface area contributed by atoms with Gasteiger partial charge < -0.3 is 15.4 Å². The zero-order valence-electron chi connectivity index (χ0n) is 11.6. The first-order chi connectivity index (χ1) is 9.11. The minimum Gasteiger partial charge on any atom is -0.373 e. The Bertz CT molecular complexity index is 428. The number of carbonyl (C=O) groups excluding carboxylic acids is 1. The van der Waals surface area contributed by atoms with Crippen molar-refractivity contribution in [2.24, 2.45) is 5.73 Å². The van der Waals surface area contributed by atoms with E-state index in [0.717, 1.165) is 12.0 Å². The number of rotatable bonds is 3. The van der Waals surface area contributed by atoms with Crippen LogP contribution < -0.4 is 5.73 Å². The summed E-state index contributed by atoms with van der Waals surface area (Å²) in [4.78, 5) is 14.2. The highest BCUT2D eigenvalue weighted by atomic mass is 16.5. The molecule has 1 amide bonds. The number of benzene rings is 1. The highest BCUT2D eigenvalue weighted by molar-refractivity contribution is 5.94. The van der Waals surface area contributed by atoms with Crippen molar-refractivity contribution in [2.75, 3.05) is 19.7 Å². The number of morpholine rings is 1. The molecule has 4 nitrogen and oxygen atoms in total. The first-order valence-electron chi connectivity index (χ1n) is 6.87. The third kappa shape index (κ3) is 3.33. The van der Waals surface area contributed by atoms with E-state index in [9.17, 15) is 4.79 Å². The second kappa shape index (κ2) is 6.17. The van der Waals surface area contributed by atoms with E-state index in [0.29, 0.717) is 19.7 Å². The van der Waals surface area contributed by atoms with E-state index in [1.165, 1.54) is 5.56 Å². The molecule has 104 valence electrons. The molecule has 1 fully saturated rings. The molecule has 2 atom stereocenters. The average Bonchev–Trinajstić information content (AvgIpc) is 2.46. The van der Waals surface area contributed by atoms with Gasteiger partial charge >= 0.3 is 0 Å². The van der Waals surface area contributed by atoms with Crippen LogP contribution >= 0.6 is 0 Å². The molecular formula is C15H22N2O2. The maximum atomic E-state index is 12.4. The normalized spacial score (nSPS) is 21.2. The number of aryl methyl sites for hydroxylation is 1. The number of hydrogen-bond donors (Lipinski definition) is 1. The summed E-state index contributed by atoms with van der Waals surface area (Å²) in [6.07, 6.45) is 0.923. The van der Waals surface area contributed by atoms with Gasteiger partial charge in [0.05, 0.1) is 12.7 Å². The zero-order chi connectivity index (χ0) is 13.8. The maximum Gasteiger partial charge on any atom is 0.254 e. The molecule has 2 rings (SSSR count). The van der Waals surface area contributed by atoms with Crippen LogP contribution in [0.5, 0.6) is 0 Å². The maximum absolute atomic E-state index is 12.4. The van der Waals surface area contributed by atoms with Gasteiger partial charge in [-0.3, -0.25) is 4.79 Å². The van der Waals surface area contributed by atoms with Gasteiger partial charge in [-0.2, -0.15) is 0 Å². The smallest absolute Gasteiger partial charge is 0.254 e. The molecule has 0 aliphatic carbocycles. The van der Waals surface area contributed by atoms with Gasteiger partial charge in [-0.25, -0.2) is 0 Å². The predicted octanol–water partition coefficient (Wildman–Crippen LogP) is 1.44. The second-order valence-electron chi connectivity index (χ2n) is 5.07. The fraction of sp³-hybridized carbons (Fsp3) is 0.533. The summed E-state index contributed by atoms with van der Waals surface area (Å²) in [5, 5.41) is 0. The number of amides is 1. The van der Waals surface area contributed by atoms with Crippen LogP contribution in [0.15, 0.2) is 24.3 Å².